The zero-order valence-electron chi connectivity index (χ0n) is 23.6. The predicted molar refractivity (Wildman–Crippen MR) is 151 cm³/mol. The minimum absolute atomic E-state index is 0.203. The van der Waals surface area contributed by atoms with Crippen molar-refractivity contribution in [2.75, 3.05) is 45.9 Å². The Kier molecular flexibility index (Phi) is 6.70. The third-order valence-electron chi connectivity index (χ3n) is 10.4. The molecule has 40 heavy (non-hydrogen) atoms. The van der Waals surface area contributed by atoms with Gasteiger partial charge in [-0.2, -0.15) is 0 Å². The van der Waals surface area contributed by atoms with Gasteiger partial charge in [-0.25, -0.2) is 4.98 Å². The first-order valence-corrected chi connectivity index (χ1v) is 15.3. The lowest BCUT2D eigenvalue weighted by molar-refractivity contribution is -0.135. The lowest BCUT2D eigenvalue weighted by Gasteiger charge is -2.58. The summed E-state index contributed by atoms with van der Waals surface area (Å²) in [6.45, 7) is 8.65. The van der Waals surface area contributed by atoms with Gasteiger partial charge in [0, 0.05) is 45.7 Å². The number of carbonyl (C=O) groups excluding carboxylic acids is 2. The molecule has 2 aliphatic heterocycles. The minimum atomic E-state index is -0.745. The van der Waals surface area contributed by atoms with Crippen LogP contribution >= 0.6 is 0 Å². The molecule has 6 aliphatic rings. The summed E-state index contributed by atoms with van der Waals surface area (Å²) in [5.74, 6) is 3.21. The number of ether oxygens (including phenoxy) is 1. The SMILES string of the molecule is Cc1nc2cccc(OCCN3CCN(CC45CC6CC(CC(C6)C4)C5)CC3)c2c(=O)n1C1CCC(=O)NC1=O. The first-order chi connectivity index (χ1) is 19.4. The van der Waals surface area contributed by atoms with Crippen LogP contribution in [0.1, 0.15) is 63.2 Å². The van der Waals surface area contributed by atoms with Crippen molar-refractivity contribution in [1.29, 1.82) is 0 Å². The maximum absolute atomic E-state index is 13.6. The molecule has 2 amide bonds. The van der Waals surface area contributed by atoms with Gasteiger partial charge in [-0.15, -0.1) is 0 Å². The molecule has 4 bridgehead atoms. The highest BCUT2D eigenvalue weighted by molar-refractivity contribution is 5.99. The Morgan fingerprint density at radius 3 is 2.33 bits per heavy atom. The normalized spacial score (nSPS) is 32.5. The third kappa shape index (κ3) is 4.85. The van der Waals surface area contributed by atoms with E-state index in [9.17, 15) is 14.4 Å². The number of amides is 2. The van der Waals surface area contributed by atoms with Crippen molar-refractivity contribution < 1.29 is 14.3 Å². The molecule has 214 valence electrons. The number of benzene rings is 1. The van der Waals surface area contributed by atoms with Crippen LogP contribution in [-0.4, -0.2) is 77.0 Å². The smallest absolute Gasteiger partial charge is 0.265 e. The zero-order valence-corrected chi connectivity index (χ0v) is 23.6. The van der Waals surface area contributed by atoms with Crippen molar-refractivity contribution in [3.05, 3.63) is 34.4 Å². The number of hydrogen-bond donors (Lipinski definition) is 1. The Morgan fingerprint density at radius 2 is 1.65 bits per heavy atom. The summed E-state index contributed by atoms with van der Waals surface area (Å²) in [7, 11) is 0. The van der Waals surface area contributed by atoms with Crippen molar-refractivity contribution in [2.45, 2.75) is 64.3 Å². The average Bonchev–Trinajstić information content (AvgIpc) is 2.90. The van der Waals surface area contributed by atoms with E-state index in [4.69, 9.17) is 4.74 Å². The van der Waals surface area contributed by atoms with E-state index in [0.29, 0.717) is 34.5 Å². The second-order valence-corrected chi connectivity index (χ2v) is 13.3. The molecule has 9 heteroatoms. The first kappa shape index (κ1) is 26.1. The van der Waals surface area contributed by atoms with E-state index in [0.717, 1.165) is 50.5 Å². The summed E-state index contributed by atoms with van der Waals surface area (Å²) in [5.41, 5.74) is 0.856. The maximum Gasteiger partial charge on any atom is 0.265 e. The Labute approximate surface area is 235 Å². The van der Waals surface area contributed by atoms with Gasteiger partial charge in [0.1, 0.15) is 29.6 Å². The maximum atomic E-state index is 13.6. The molecule has 1 aromatic heterocycles. The van der Waals surface area contributed by atoms with Gasteiger partial charge in [-0.1, -0.05) is 6.07 Å². The molecule has 1 aromatic carbocycles. The molecule has 1 atom stereocenters. The third-order valence-corrected chi connectivity index (χ3v) is 10.4. The fourth-order valence-electron chi connectivity index (χ4n) is 9.15. The van der Waals surface area contributed by atoms with Crippen LogP contribution in [0.3, 0.4) is 0 Å². The van der Waals surface area contributed by atoms with Crippen LogP contribution in [0.25, 0.3) is 10.9 Å². The number of imide groups is 1. The molecule has 3 heterocycles. The molecule has 4 aliphatic carbocycles. The van der Waals surface area contributed by atoms with E-state index in [1.807, 2.05) is 6.07 Å². The Morgan fingerprint density at radius 1 is 0.975 bits per heavy atom. The Balaban J connectivity index is 0.973. The molecule has 6 fully saturated rings. The second-order valence-electron chi connectivity index (χ2n) is 13.3. The summed E-state index contributed by atoms with van der Waals surface area (Å²) >= 11 is 0. The number of nitrogens with zero attached hydrogens (tertiary/aromatic N) is 4. The highest BCUT2D eigenvalue weighted by atomic mass is 16.5. The zero-order chi connectivity index (χ0) is 27.4. The highest BCUT2D eigenvalue weighted by Crippen LogP contribution is 2.60. The van der Waals surface area contributed by atoms with Crippen LogP contribution in [-0.2, 0) is 9.59 Å². The van der Waals surface area contributed by atoms with E-state index in [1.165, 1.54) is 49.6 Å². The molecule has 0 spiro atoms. The number of aromatic nitrogens is 2. The largest absolute Gasteiger partial charge is 0.491 e. The van der Waals surface area contributed by atoms with Gasteiger partial charge in [-0.05, 0) is 87.2 Å². The van der Waals surface area contributed by atoms with E-state index >= 15 is 0 Å². The number of carbonyl (C=O) groups is 2. The predicted octanol–water partition coefficient (Wildman–Crippen LogP) is 2.90. The summed E-state index contributed by atoms with van der Waals surface area (Å²) in [5, 5.41) is 2.74. The number of fused-ring (bicyclic) bond motifs is 1. The number of nitrogens with one attached hydrogen (secondary N) is 1. The monoisotopic (exact) mass is 547 g/mol. The topological polar surface area (TPSA) is 96.8 Å². The molecule has 4 saturated carbocycles. The van der Waals surface area contributed by atoms with Crippen LogP contribution in [0.5, 0.6) is 5.75 Å². The molecule has 2 saturated heterocycles. The summed E-state index contributed by atoms with van der Waals surface area (Å²) in [6, 6.07) is 4.71. The fourth-order valence-corrected chi connectivity index (χ4v) is 9.15. The van der Waals surface area contributed by atoms with Crippen molar-refractivity contribution in [2.24, 2.45) is 23.2 Å². The number of piperazine rings is 1. The minimum Gasteiger partial charge on any atom is -0.491 e. The standard InChI is InChI=1S/C31H41N5O4/c1-20-32-24-3-2-4-26(28(24)30(39)36(20)25-5-6-27(37)33-29(25)38)40-12-11-34-7-9-35(10-8-34)19-31-16-21-13-22(17-31)15-23(14-21)18-31/h2-4,21-23,25H,5-19H2,1H3,(H,33,37,38). The Hall–Kier alpha value is -2.78. The molecule has 1 N–H and O–H groups in total. The van der Waals surface area contributed by atoms with Gasteiger partial charge in [0.05, 0.1) is 5.52 Å². The lowest BCUT2D eigenvalue weighted by atomic mass is 9.49. The van der Waals surface area contributed by atoms with Crippen molar-refractivity contribution in [1.82, 2.24) is 24.7 Å². The van der Waals surface area contributed by atoms with Crippen LogP contribution in [0.2, 0.25) is 0 Å². The van der Waals surface area contributed by atoms with E-state index < -0.39 is 11.9 Å². The average molecular weight is 548 g/mol. The summed E-state index contributed by atoms with van der Waals surface area (Å²) < 4.78 is 7.60. The Bertz CT molecular complexity index is 1340. The summed E-state index contributed by atoms with van der Waals surface area (Å²) in [6.07, 6.45) is 9.41. The van der Waals surface area contributed by atoms with Crippen LogP contribution in [0, 0.1) is 30.1 Å². The van der Waals surface area contributed by atoms with Gasteiger partial charge in [0.15, 0.2) is 0 Å². The van der Waals surface area contributed by atoms with Gasteiger partial charge in [0.2, 0.25) is 11.8 Å². The van der Waals surface area contributed by atoms with E-state index in [2.05, 4.69) is 20.1 Å². The van der Waals surface area contributed by atoms with Crippen LogP contribution in [0.15, 0.2) is 23.0 Å². The van der Waals surface area contributed by atoms with Crippen molar-refractivity contribution in [3.63, 3.8) is 0 Å². The van der Waals surface area contributed by atoms with E-state index in [1.54, 1.807) is 19.1 Å². The molecule has 9 nitrogen and oxygen atoms in total. The first-order valence-electron chi connectivity index (χ1n) is 15.3. The second kappa shape index (κ2) is 10.2. The number of aryl methyl sites for hydroxylation is 1. The molecule has 0 radical (unpaired) electrons. The number of hydrogen-bond acceptors (Lipinski definition) is 7. The summed E-state index contributed by atoms with van der Waals surface area (Å²) in [4.78, 5) is 47.6. The van der Waals surface area contributed by atoms with Gasteiger partial charge in [0.25, 0.3) is 5.56 Å². The van der Waals surface area contributed by atoms with Crippen molar-refractivity contribution >= 4 is 22.7 Å². The van der Waals surface area contributed by atoms with Gasteiger partial charge in [-0.3, -0.25) is 29.2 Å². The number of rotatable bonds is 7. The molecular formula is C31H41N5O4. The molecule has 8 rings (SSSR count). The fraction of sp³-hybridized carbons (Fsp3) is 0.677. The van der Waals surface area contributed by atoms with Crippen molar-refractivity contribution in [3.8, 4) is 5.75 Å². The van der Waals surface area contributed by atoms with Crippen LogP contribution in [0.4, 0.5) is 0 Å². The van der Waals surface area contributed by atoms with Crippen LogP contribution < -0.4 is 15.6 Å². The van der Waals surface area contributed by atoms with Gasteiger partial charge < -0.3 is 9.64 Å². The van der Waals surface area contributed by atoms with Gasteiger partial charge >= 0.3 is 0 Å². The quantitative estimate of drug-likeness (QED) is 0.533. The highest BCUT2D eigenvalue weighted by Gasteiger charge is 2.51. The molecule has 1 unspecified atom stereocenters. The number of piperidine rings is 1. The molecule has 2 aromatic rings. The molecular weight excluding hydrogens is 506 g/mol. The van der Waals surface area contributed by atoms with E-state index in [-0.39, 0.29) is 24.3 Å². The lowest BCUT2D eigenvalue weighted by Crippen LogP contribution is -2.55.